The molecule has 1 saturated carbocycles. The molecule has 0 aliphatic heterocycles. The van der Waals surface area contributed by atoms with E-state index in [1.54, 1.807) is 12.3 Å². The Morgan fingerprint density at radius 2 is 1.77 bits per heavy atom. The zero-order chi connectivity index (χ0) is 15.4. The van der Waals surface area contributed by atoms with Gasteiger partial charge in [-0.3, -0.25) is 9.78 Å². The van der Waals surface area contributed by atoms with Crippen LogP contribution in [-0.2, 0) is 0 Å². The molecule has 0 radical (unpaired) electrons. The maximum atomic E-state index is 11.2. The minimum absolute atomic E-state index is 0.304. The van der Waals surface area contributed by atoms with Crippen molar-refractivity contribution in [3.05, 3.63) is 48.3 Å². The largest absolute Gasteiger partial charge is 0.364 e. The van der Waals surface area contributed by atoms with Gasteiger partial charge in [-0.1, -0.05) is 31.4 Å². The third-order valence-corrected chi connectivity index (χ3v) is 5.40. The number of hydrogen-bond donors (Lipinski definition) is 1. The number of pyridine rings is 1. The van der Waals surface area contributed by atoms with Crippen LogP contribution in [0.3, 0.4) is 0 Å². The van der Waals surface area contributed by atoms with E-state index in [4.69, 9.17) is 5.73 Å². The fourth-order valence-electron chi connectivity index (χ4n) is 2.85. The highest BCUT2D eigenvalue weighted by molar-refractivity contribution is 8.00. The third-order valence-electron chi connectivity index (χ3n) is 4.05. The molecule has 0 unspecified atom stereocenters. The van der Waals surface area contributed by atoms with Crippen LogP contribution in [0.25, 0.3) is 11.1 Å². The minimum Gasteiger partial charge on any atom is -0.364 e. The molecule has 3 rings (SSSR count). The first-order valence-electron chi connectivity index (χ1n) is 7.75. The third kappa shape index (κ3) is 3.69. The van der Waals surface area contributed by atoms with Gasteiger partial charge in [-0.05, 0) is 48.2 Å². The Morgan fingerprint density at radius 1 is 1.05 bits per heavy atom. The van der Waals surface area contributed by atoms with E-state index in [0.29, 0.717) is 5.69 Å². The molecular weight excluding hydrogens is 292 g/mol. The lowest BCUT2D eigenvalue weighted by molar-refractivity contribution is 0.0995. The summed E-state index contributed by atoms with van der Waals surface area (Å²) in [5.74, 6) is -0.494. The number of hydrogen-bond acceptors (Lipinski definition) is 3. The number of carbonyl (C=O) groups is 1. The van der Waals surface area contributed by atoms with E-state index in [2.05, 4.69) is 29.2 Å². The number of aromatic nitrogens is 1. The van der Waals surface area contributed by atoms with Gasteiger partial charge >= 0.3 is 0 Å². The van der Waals surface area contributed by atoms with Crippen molar-refractivity contribution >= 4 is 17.7 Å². The molecule has 2 N–H and O–H groups in total. The van der Waals surface area contributed by atoms with Crippen molar-refractivity contribution in [3.8, 4) is 11.1 Å². The Balaban J connectivity index is 1.73. The smallest absolute Gasteiger partial charge is 0.267 e. The molecule has 1 amide bonds. The summed E-state index contributed by atoms with van der Waals surface area (Å²) in [5, 5.41) is 0.766. The predicted octanol–water partition coefficient (Wildman–Crippen LogP) is 4.27. The van der Waals surface area contributed by atoms with Gasteiger partial charge in [0.25, 0.3) is 5.91 Å². The average molecular weight is 312 g/mol. The topological polar surface area (TPSA) is 56.0 Å². The number of nitrogens with two attached hydrogens (primary N) is 1. The molecule has 0 saturated heterocycles. The van der Waals surface area contributed by atoms with Crippen LogP contribution in [0.2, 0.25) is 0 Å². The van der Waals surface area contributed by atoms with E-state index in [1.165, 1.54) is 37.0 Å². The normalized spacial score (nSPS) is 15.6. The summed E-state index contributed by atoms with van der Waals surface area (Å²) in [5.41, 5.74) is 7.64. The Labute approximate surface area is 135 Å². The molecule has 0 spiro atoms. The quantitative estimate of drug-likeness (QED) is 0.917. The molecule has 1 aliphatic carbocycles. The molecule has 2 aromatic rings. The lowest BCUT2D eigenvalue weighted by Crippen LogP contribution is -2.12. The lowest BCUT2D eigenvalue weighted by atomic mass is 10.0. The molecule has 114 valence electrons. The van der Waals surface area contributed by atoms with Gasteiger partial charge in [0.2, 0.25) is 0 Å². The first-order chi connectivity index (χ1) is 10.7. The lowest BCUT2D eigenvalue weighted by Gasteiger charge is -2.20. The fraction of sp³-hybridized carbons (Fsp3) is 0.333. The zero-order valence-electron chi connectivity index (χ0n) is 12.5. The van der Waals surface area contributed by atoms with Crippen LogP contribution in [0, 0.1) is 0 Å². The summed E-state index contributed by atoms with van der Waals surface area (Å²) in [6, 6.07) is 12.2. The summed E-state index contributed by atoms with van der Waals surface area (Å²) >= 11 is 1.99. The SMILES string of the molecule is NC(=O)c1cc(-c2ccc(SC3CCCCC3)cc2)ccn1. The van der Waals surface area contributed by atoms with Gasteiger partial charge in [-0.15, -0.1) is 11.8 Å². The second-order valence-electron chi connectivity index (χ2n) is 5.70. The highest BCUT2D eigenvalue weighted by atomic mass is 32.2. The number of nitrogens with zero attached hydrogens (tertiary/aromatic N) is 1. The maximum absolute atomic E-state index is 11.2. The maximum Gasteiger partial charge on any atom is 0.267 e. The van der Waals surface area contributed by atoms with Crippen molar-refractivity contribution in [1.29, 1.82) is 0 Å². The number of thioether (sulfide) groups is 1. The summed E-state index contributed by atoms with van der Waals surface area (Å²) < 4.78 is 0. The first-order valence-corrected chi connectivity index (χ1v) is 8.63. The van der Waals surface area contributed by atoms with Gasteiger partial charge in [0, 0.05) is 16.3 Å². The minimum atomic E-state index is -0.494. The Hall–Kier alpha value is -1.81. The molecule has 4 heteroatoms. The van der Waals surface area contributed by atoms with Crippen molar-refractivity contribution in [1.82, 2.24) is 4.98 Å². The Morgan fingerprint density at radius 3 is 2.45 bits per heavy atom. The van der Waals surface area contributed by atoms with Crippen molar-refractivity contribution < 1.29 is 4.79 Å². The standard InChI is InChI=1S/C18H20N2OS/c19-18(21)17-12-14(10-11-20-17)13-6-8-16(9-7-13)22-15-4-2-1-3-5-15/h6-12,15H,1-5H2,(H2,19,21). The van der Waals surface area contributed by atoms with Gasteiger partial charge in [-0.2, -0.15) is 0 Å². The predicted molar refractivity (Wildman–Crippen MR) is 90.9 cm³/mol. The van der Waals surface area contributed by atoms with Crippen LogP contribution < -0.4 is 5.73 Å². The second kappa shape index (κ2) is 6.97. The molecule has 0 bridgehead atoms. The van der Waals surface area contributed by atoms with Crippen LogP contribution >= 0.6 is 11.8 Å². The van der Waals surface area contributed by atoms with Crippen LogP contribution in [-0.4, -0.2) is 16.1 Å². The Bertz CT molecular complexity index is 648. The fourth-order valence-corrected chi connectivity index (χ4v) is 4.09. The average Bonchev–Trinajstić information content (AvgIpc) is 2.56. The van der Waals surface area contributed by atoms with Gasteiger partial charge in [0.15, 0.2) is 0 Å². The van der Waals surface area contributed by atoms with E-state index in [-0.39, 0.29) is 0 Å². The van der Waals surface area contributed by atoms with Crippen molar-refractivity contribution in [2.24, 2.45) is 5.73 Å². The molecule has 1 fully saturated rings. The van der Waals surface area contributed by atoms with Crippen molar-refractivity contribution in [3.63, 3.8) is 0 Å². The number of carbonyl (C=O) groups excluding carboxylic acids is 1. The van der Waals surface area contributed by atoms with E-state index in [1.807, 2.05) is 17.8 Å². The molecule has 1 aliphatic rings. The highest BCUT2D eigenvalue weighted by Gasteiger charge is 2.14. The van der Waals surface area contributed by atoms with Crippen LogP contribution in [0.4, 0.5) is 0 Å². The molecule has 0 atom stereocenters. The van der Waals surface area contributed by atoms with Gasteiger partial charge < -0.3 is 5.73 Å². The number of benzene rings is 1. The molecule has 1 aromatic carbocycles. The number of primary amides is 1. The van der Waals surface area contributed by atoms with Gasteiger partial charge in [-0.25, -0.2) is 0 Å². The van der Waals surface area contributed by atoms with Crippen LogP contribution in [0.1, 0.15) is 42.6 Å². The number of amides is 1. The zero-order valence-corrected chi connectivity index (χ0v) is 13.3. The summed E-state index contributed by atoms with van der Waals surface area (Å²) in [4.78, 5) is 16.5. The number of rotatable bonds is 4. The highest BCUT2D eigenvalue weighted by Crippen LogP contribution is 2.34. The van der Waals surface area contributed by atoms with E-state index >= 15 is 0 Å². The van der Waals surface area contributed by atoms with Gasteiger partial charge in [0.05, 0.1) is 0 Å². The monoisotopic (exact) mass is 312 g/mol. The first kappa shape index (κ1) is 15.1. The van der Waals surface area contributed by atoms with Gasteiger partial charge in [0.1, 0.15) is 5.69 Å². The molecule has 1 aromatic heterocycles. The molecule has 3 nitrogen and oxygen atoms in total. The molecule has 22 heavy (non-hydrogen) atoms. The molecular formula is C18H20N2OS. The molecule has 1 heterocycles. The van der Waals surface area contributed by atoms with Crippen molar-refractivity contribution in [2.75, 3.05) is 0 Å². The van der Waals surface area contributed by atoms with E-state index < -0.39 is 5.91 Å². The van der Waals surface area contributed by atoms with E-state index in [0.717, 1.165) is 16.4 Å². The van der Waals surface area contributed by atoms with E-state index in [9.17, 15) is 4.79 Å². The van der Waals surface area contributed by atoms with Crippen LogP contribution in [0.5, 0.6) is 0 Å². The second-order valence-corrected chi connectivity index (χ2v) is 7.07. The summed E-state index contributed by atoms with van der Waals surface area (Å²) in [7, 11) is 0. The summed E-state index contributed by atoms with van der Waals surface area (Å²) in [6.45, 7) is 0. The van der Waals surface area contributed by atoms with Crippen molar-refractivity contribution in [2.45, 2.75) is 42.2 Å². The Kier molecular flexibility index (Phi) is 4.78. The van der Waals surface area contributed by atoms with Crippen LogP contribution in [0.15, 0.2) is 47.5 Å². The summed E-state index contributed by atoms with van der Waals surface area (Å²) in [6.07, 6.45) is 8.41.